The molecule has 0 saturated carbocycles. The van der Waals surface area contributed by atoms with Gasteiger partial charge in [-0.3, -0.25) is 24.8 Å². The molecule has 3 unspecified atom stereocenters. The molecule has 3 atom stereocenters. The first kappa shape index (κ1) is 22.1. The number of carbonyl (C=O) groups is 3. The van der Waals surface area contributed by atoms with Crippen molar-refractivity contribution in [1.82, 2.24) is 25.0 Å². The summed E-state index contributed by atoms with van der Waals surface area (Å²) in [4.78, 5) is 42.9. The second-order valence-electron chi connectivity index (χ2n) is 8.47. The van der Waals surface area contributed by atoms with E-state index >= 15 is 0 Å². The van der Waals surface area contributed by atoms with Crippen LogP contribution in [0.25, 0.3) is 0 Å². The fraction of sp³-hybridized carbons (Fsp3) is 0.304. The molecule has 0 spiro atoms. The van der Waals surface area contributed by atoms with Gasteiger partial charge in [-0.05, 0) is 42.0 Å². The van der Waals surface area contributed by atoms with Crippen LogP contribution in [0.2, 0.25) is 0 Å². The van der Waals surface area contributed by atoms with Crippen molar-refractivity contribution in [3.05, 3.63) is 71.3 Å². The molecule has 2 fully saturated rings. The van der Waals surface area contributed by atoms with Gasteiger partial charge in [0.2, 0.25) is 0 Å². The number of fused-ring (bicyclic) bond motifs is 3. The van der Waals surface area contributed by atoms with Crippen LogP contribution in [0.1, 0.15) is 15.9 Å². The van der Waals surface area contributed by atoms with Crippen LogP contribution >= 0.6 is 0 Å². The van der Waals surface area contributed by atoms with Gasteiger partial charge in [0.25, 0.3) is 5.91 Å². The van der Waals surface area contributed by atoms with Crippen molar-refractivity contribution in [3.63, 3.8) is 0 Å². The van der Waals surface area contributed by atoms with Crippen LogP contribution in [0.5, 0.6) is 0 Å². The highest BCUT2D eigenvalue weighted by molar-refractivity contribution is 6.04. The minimum Gasteiger partial charge on any atom is -0.310 e. The number of ketones is 1. The summed E-state index contributed by atoms with van der Waals surface area (Å²) >= 11 is 0. The molecule has 11 heteroatoms. The summed E-state index contributed by atoms with van der Waals surface area (Å²) in [5.41, 5.74) is 1.50. The topological polar surface area (TPSA) is 88.6 Å². The maximum absolute atomic E-state index is 13.5. The zero-order valence-electron chi connectivity index (χ0n) is 18.5. The summed E-state index contributed by atoms with van der Waals surface area (Å²) in [6, 6.07) is 9.87. The molecule has 0 aliphatic carbocycles. The summed E-state index contributed by atoms with van der Waals surface area (Å²) in [6.07, 6.45) is -1.26. The zero-order valence-corrected chi connectivity index (χ0v) is 18.5. The molecule has 3 heterocycles. The summed E-state index contributed by atoms with van der Waals surface area (Å²) in [5, 5.41) is 9.42. The summed E-state index contributed by atoms with van der Waals surface area (Å²) in [6.45, 7) is 0.0823. The van der Waals surface area contributed by atoms with E-state index in [2.05, 4.69) is 10.4 Å². The van der Waals surface area contributed by atoms with Gasteiger partial charge < -0.3 is 4.90 Å². The molecular weight excluding hydrogens is 446 g/mol. The van der Waals surface area contributed by atoms with Crippen LogP contribution < -0.4 is 5.32 Å². The normalized spacial score (nSPS) is 24.8. The lowest BCUT2D eigenvalue weighted by atomic mass is 10.1. The van der Waals surface area contributed by atoms with Crippen LogP contribution in [-0.2, 0) is 4.79 Å². The van der Waals surface area contributed by atoms with E-state index in [1.54, 1.807) is 19.2 Å². The molecule has 2 saturated heterocycles. The minimum atomic E-state index is -0.702. The van der Waals surface area contributed by atoms with Gasteiger partial charge in [-0.1, -0.05) is 12.1 Å². The predicted octanol–water partition coefficient (Wildman–Crippen LogP) is 1.27. The number of hydrazone groups is 1. The lowest BCUT2D eigenvalue weighted by Crippen LogP contribution is -2.65. The highest BCUT2D eigenvalue weighted by Gasteiger charge is 2.56. The SMILES string of the molecule is CN1C(=O)C2C(NC3N(CC(=O)c4ccc(F)cc4)N=C(c4ccc(F)cc4)CN23)N(C)C1=O. The number of imide groups is 1. The third-order valence-electron chi connectivity index (χ3n) is 6.39. The molecule has 3 amide bonds. The van der Waals surface area contributed by atoms with E-state index < -0.39 is 36.2 Å². The molecule has 1 N–H and O–H groups in total. The Balaban J connectivity index is 1.51. The largest absolute Gasteiger partial charge is 0.327 e. The first-order valence-corrected chi connectivity index (χ1v) is 10.7. The number of nitrogens with one attached hydrogen (secondary N) is 1. The molecule has 176 valence electrons. The summed E-state index contributed by atoms with van der Waals surface area (Å²) in [5.74, 6) is -1.51. The van der Waals surface area contributed by atoms with Crippen molar-refractivity contribution >= 4 is 23.4 Å². The molecule has 9 nitrogen and oxygen atoms in total. The number of benzene rings is 2. The molecule has 0 bridgehead atoms. The number of hydrogen-bond acceptors (Lipinski definition) is 7. The van der Waals surface area contributed by atoms with E-state index in [4.69, 9.17) is 0 Å². The Morgan fingerprint density at radius 3 is 2.29 bits per heavy atom. The Morgan fingerprint density at radius 1 is 1.03 bits per heavy atom. The summed E-state index contributed by atoms with van der Waals surface area (Å²) in [7, 11) is 3.03. The third-order valence-corrected chi connectivity index (χ3v) is 6.39. The molecule has 2 aromatic carbocycles. The number of Topliss-reactive ketones (excluding diaryl/α,β-unsaturated/α-hetero) is 1. The second-order valence-corrected chi connectivity index (χ2v) is 8.47. The van der Waals surface area contributed by atoms with Crippen LogP contribution in [0.3, 0.4) is 0 Å². The molecule has 5 rings (SSSR count). The Labute approximate surface area is 194 Å². The molecule has 34 heavy (non-hydrogen) atoms. The lowest BCUT2D eigenvalue weighted by molar-refractivity contribution is -0.137. The fourth-order valence-electron chi connectivity index (χ4n) is 4.57. The van der Waals surface area contributed by atoms with Crippen LogP contribution in [0.15, 0.2) is 53.6 Å². The first-order valence-electron chi connectivity index (χ1n) is 10.7. The third kappa shape index (κ3) is 3.62. The maximum Gasteiger partial charge on any atom is 0.327 e. The Bertz CT molecular complexity index is 1190. The van der Waals surface area contributed by atoms with Gasteiger partial charge >= 0.3 is 6.03 Å². The average Bonchev–Trinajstić information content (AvgIpc) is 3.22. The van der Waals surface area contributed by atoms with Gasteiger partial charge in [0.1, 0.15) is 30.4 Å². The van der Waals surface area contributed by atoms with Crippen molar-refractivity contribution in [2.45, 2.75) is 18.5 Å². The van der Waals surface area contributed by atoms with E-state index in [1.165, 1.54) is 53.4 Å². The molecule has 0 aromatic heterocycles. The van der Waals surface area contributed by atoms with Crippen molar-refractivity contribution in [3.8, 4) is 0 Å². The van der Waals surface area contributed by atoms with E-state index in [-0.39, 0.29) is 24.8 Å². The van der Waals surface area contributed by atoms with Crippen LogP contribution in [0.4, 0.5) is 13.6 Å². The van der Waals surface area contributed by atoms with E-state index in [9.17, 15) is 23.2 Å². The van der Waals surface area contributed by atoms with Crippen LogP contribution in [0, 0.1) is 11.6 Å². The number of nitrogens with zero attached hydrogens (tertiary/aromatic N) is 5. The van der Waals surface area contributed by atoms with Crippen molar-refractivity contribution in [1.29, 1.82) is 0 Å². The second kappa shape index (κ2) is 8.26. The van der Waals surface area contributed by atoms with E-state index in [0.717, 1.165) is 4.90 Å². The monoisotopic (exact) mass is 468 g/mol. The number of carbonyl (C=O) groups excluding carboxylic acids is 3. The number of amides is 3. The number of halogens is 2. The molecule has 2 aromatic rings. The van der Waals surface area contributed by atoms with E-state index in [0.29, 0.717) is 16.8 Å². The van der Waals surface area contributed by atoms with Crippen molar-refractivity contribution < 1.29 is 23.2 Å². The van der Waals surface area contributed by atoms with E-state index in [1.807, 2.05) is 4.90 Å². The minimum absolute atomic E-state index is 0.161. The highest BCUT2D eigenvalue weighted by atomic mass is 19.1. The molecule has 3 aliphatic rings. The molecular formula is C23H22F2N6O3. The maximum atomic E-state index is 13.5. The van der Waals surface area contributed by atoms with Gasteiger partial charge in [0.15, 0.2) is 12.1 Å². The standard InChI is InChI=1S/C23H22F2N6O3/c1-28-20-19(21(33)29(2)23(28)34)30-11-17(13-3-7-15(24)8-4-13)27-31(22(30)26-20)12-18(32)14-5-9-16(25)10-6-14/h3-10,19-20,22,26H,11-12H2,1-2H3. The first-order chi connectivity index (χ1) is 16.2. The Hall–Kier alpha value is -3.70. The predicted molar refractivity (Wildman–Crippen MR) is 118 cm³/mol. The number of rotatable bonds is 4. The Kier molecular flexibility index (Phi) is 5.37. The molecule has 3 aliphatic heterocycles. The Morgan fingerprint density at radius 2 is 1.65 bits per heavy atom. The van der Waals surface area contributed by atoms with Crippen molar-refractivity contribution in [2.75, 3.05) is 27.2 Å². The van der Waals surface area contributed by atoms with Crippen LogP contribution in [-0.4, -0.2) is 88.8 Å². The average molecular weight is 468 g/mol. The van der Waals surface area contributed by atoms with Gasteiger partial charge in [0.05, 0.1) is 5.71 Å². The number of urea groups is 1. The lowest BCUT2D eigenvalue weighted by Gasteiger charge is -2.41. The quantitative estimate of drug-likeness (QED) is 0.681. The van der Waals surface area contributed by atoms with Gasteiger partial charge in [-0.2, -0.15) is 5.10 Å². The van der Waals surface area contributed by atoms with Crippen molar-refractivity contribution in [2.24, 2.45) is 5.10 Å². The smallest absolute Gasteiger partial charge is 0.310 e. The van der Waals surface area contributed by atoms with Gasteiger partial charge in [-0.25, -0.2) is 18.5 Å². The summed E-state index contributed by atoms with van der Waals surface area (Å²) < 4.78 is 26.8. The number of hydrogen-bond donors (Lipinski definition) is 1. The highest BCUT2D eigenvalue weighted by Crippen LogP contribution is 2.30. The fourth-order valence-corrected chi connectivity index (χ4v) is 4.57. The van der Waals surface area contributed by atoms with Gasteiger partial charge in [-0.15, -0.1) is 0 Å². The zero-order chi connectivity index (χ0) is 24.1. The van der Waals surface area contributed by atoms with Gasteiger partial charge in [0, 0.05) is 26.2 Å². The molecule has 0 radical (unpaired) electrons. The number of likely N-dealkylation sites (N-methyl/N-ethyl adjacent to an activating group) is 2.